The monoisotopic (exact) mass is 292 g/mol. The molecule has 0 saturated heterocycles. The highest BCUT2D eigenvalue weighted by Crippen LogP contribution is 2.27. The first kappa shape index (κ1) is 13.6. The normalized spacial score (nSPS) is 10.5. The molecule has 3 aromatic carbocycles. The maximum absolute atomic E-state index is 5.82. The van der Waals surface area contributed by atoms with Crippen LogP contribution in [0.2, 0.25) is 0 Å². The van der Waals surface area contributed by atoms with Crippen molar-refractivity contribution >= 4 is 39.4 Å². The fraction of sp³-hybridized carbons (Fsp3) is 0.0556. The molecule has 0 saturated carbocycles. The Labute approximate surface area is 129 Å². The van der Waals surface area contributed by atoms with Gasteiger partial charge in [0.2, 0.25) is 0 Å². The van der Waals surface area contributed by atoms with Crippen molar-refractivity contribution < 1.29 is 0 Å². The second-order valence-electron chi connectivity index (χ2n) is 5.05. The Morgan fingerprint density at radius 2 is 1.71 bits per heavy atom. The van der Waals surface area contributed by atoms with Crippen LogP contribution in [-0.2, 0) is 0 Å². The molecule has 2 nitrogen and oxygen atoms in total. The van der Waals surface area contributed by atoms with Crippen molar-refractivity contribution in [2.24, 2.45) is 5.73 Å². The summed E-state index contributed by atoms with van der Waals surface area (Å²) >= 11 is 5.14. The van der Waals surface area contributed by atoms with E-state index in [1.807, 2.05) is 37.3 Å². The van der Waals surface area contributed by atoms with E-state index in [1.165, 1.54) is 10.8 Å². The molecule has 0 spiro atoms. The van der Waals surface area contributed by atoms with E-state index in [0.717, 1.165) is 22.5 Å². The predicted octanol–water partition coefficient (Wildman–Crippen LogP) is 4.53. The quantitative estimate of drug-likeness (QED) is 0.697. The second kappa shape index (κ2) is 5.54. The van der Waals surface area contributed by atoms with Crippen molar-refractivity contribution in [3.05, 3.63) is 71.8 Å². The van der Waals surface area contributed by atoms with E-state index in [-0.39, 0.29) is 0 Å². The molecule has 0 aromatic heterocycles. The zero-order valence-electron chi connectivity index (χ0n) is 11.8. The van der Waals surface area contributed by atoms with Gasteiger partial charge in [-0.15, -0.1) is 0 Å². The molecule has 21 heavy (non-hydrogen) atoms. The van der Waals surface area contributed by atoms with Gasteiger partial charge < -0.3 is 11.1 Å². The van der Waals surface area contributed by atoms with Gasteiger partial charge in [0.05, 0.1) is 5.69 Å². The maximum atomic E-state index is 5.82. The van der Waals surface area contributed by atoms with Crippen molar-refractivity contribution in [3.8, 4) is 0 Å². The Bertz CT molecular complexity index is 824. The predicted molar refractivity (Wildman–Crippen MR) is 94.3 cm³/mol. The van der Waals surface area contributed by atoms with Crippen molar-refractivity contribution in [1.29, 1.82) is 0 Å². The molecule has 3 aromatic rings. The van der Waals surface area contributed by atoms with Crippen LogP contribution >= 0.6 is 12.2 Å². The number of nitrogens with two attached hydrogens (primary N) is 1. The Hall–Kier alpha value is -2.39. The van der Waals surface area contributed by atoms with E-state index in [9.17, 15) is 0 Å². The number of aryl methyl sites for hydroxylation is 1. The third-order valence-electron chi connectivity index (χ3n) is 3.56. The number of benzene rings is 3. The van der Waals surface area contributed by atoms with E-state index < -0.39 is 0 Å². The molecule has 0 radical (unpaired) electrons. The lowest BCUT2D eigenvalue weighted by molar-refractivity contribution is 1.42. The molecule has 104 valence electrons. The molecule has 0 unspecified atom stereocenters. The summed E-state index contributed by atoms with van der Waals surface area (Å²) in [7, 11) is 0. The lowest BCUT2D eigenvalue weighted by Gasteiger charge is -2.14. The van der Waals surface area contributed by atoms with Gasteiger partial charge >= 0.3 is 0 Å². The summed E-state index contributed by atoms with van der Waals surface area (Å²) in [5, 5.41) is 5.87. The van der Waals surface area contributed by atoms with E-state index in [2.05, 4.69) is 35.6 Å². The van der Waals surface area contributed by atoms with Crippen LogP contribution in [0, 0.1) is 6.92 Å². The van der Waals surface area contributed by atoms with Gasteiger partial charge in [-0.3, -0.25) is 0 Å². The average Bonchev–Trinajstić information content (AvgIpc) is 2.49. The molecule has 0 fully saturated rings. The summed E-state index contributed by atoms with van der Waals surface area (Å²) in [6, 6.07) is 20.6. The van der Waals surface area contributed by atoms with Crippen molar-refractivity contribution in [2.45, 2.75) is 6.92 Å². The van der Waals surface area contributed by atoms with Crippen LogP contribution in [0.25, 0.3) is 10.8 Å². The second-order valence-corrected chi connectivity index (χ2v) is 5.49. The van der Waals surface area contributed by atoms with Crippen molar-refractivity contribution in [3.63, 3.8) is 0 Å². The molecule has 0 bridgehead atoms. The number of hydrogen-bond acceptors (Lipinski definition) is 2. The van der Waals surface area contributed by atoms with Gasteiger partial charge in [0.25, 0.3) is 0 Å². The molecule has 0 atom stereocenters. The third kappa shape index (κ3) is 2.73. The Morgan fingerprint density at radius 1 is 0.952 bits per heavy atom. The van der Waals surface area contributed by atoms with Gasteiger partial charge in [-0.25, -0.2) is 0 Å². The molecule has 0 heterocycles. The van der Waals surface area contributed by atoms with E-state index >= 15 is 0 Å². The van der Waals surface area contributed by atoms with Crippen molar-refractivity contribution in [1.82, 2.24) is 0 Å². The summed E-state index contributed by atoms with van der Waals surface area (Å²) in [6.07, 6.45) is 0. The molecule has 0 aliphatic heterocycles. The van der Waals surface area contributed by atoms with Crippen LogP contribution in [0.15, 0.2) is 60.7 Å². The summed E-state index contributed by atoms with van der Waals surface area (Å²) in [5.41, 5.74) is 9.81. The Balaban J connectivity index is 2.04. The summed E-state index contributed by atoms with van der Waals surface area (Å²) in [5.74, 6) is 0. The smallest absolute Gasteiger partial charge is 0.106 e. The van der Waals surface area contributed by atoms with Gasteiger partial charge in [-0.05, 0) is 41.5 Å². The van der Waals surface area contributed by atoms with Gasteiger partial charge in [0, 0.05) is 11.3 Å². The summed E-state index contributed by atoms with van der Waals surface area (Å²) in [6.45, 7) is 2.05. The molecule has 3 rings (SSSR count). The van der Waals surface area contributed by atoms with Crippen LogP contribution in [-0.4, -0.2) is 4.99 Å². The Kier molecular flexibility index (Phi) is 3.59. The highest BCUT2D eigenvalue weighted by atomic mass is 32.1. The zero-order chi connectivity index (χ0) is 14.8. The summed E-state index contributed by atoms with van der Waals surface area (Å²) < 4.78 is 0. The fourth-order valence-electron chi connectivity index (χ4n) is 2.45. The summed E-state index contributed by atoms with van der Waals surface area (Å²) in [4.78, 5) is 0.405. The van der Waals surface area contributed by atoms with Gasteiger partial charge in [0.1, 0.15) is 4.99 Å². The maximum Gasteiger partial charge on any atom is 0.106 e. The number of hydrogen-bond donors (Lipinski definition) is 2. The molecular formula is C18H16N2S. The SMILES string of the molecule is Cc1cccc(C(N)=S)c1Nc1ccc2ccccc2c1. The molecule has 0 aliphatic rings. The van der Waals surface area contributed by atoms with E-state index in [1.54, 1.807) is 0 Å². The topological polar surface area (TPSA) is 38.0 Å². The van der Waals surface area contributed by atoms with Crippen LogP contribution in [0.3, 0.4) is 0 Å². The zero-order valence-corrected chi connectivity index (χ0v) is 12.6. The first-order valence-electron chi connectivity index (χ1n) is 6.80. The fourth-order valence-corrected chi connectivity index (χ4v) is 2.62. The molecule has 3 heteroatoms. The molecule has 3 N–H and O–H groups in total. The van der Waals surface area contributed by atoms with Gasteiger partial charge in [0.15, 0.2) is 0 Å². The minimum absolute atomic E-state index is 0.405. The number of anilines is 2. The Morgan fingerprint density at radius 3 is 2.48 bits per heavy atom. The standard InChI is InChI=1S/C18H16N2S/c1-12-5-4-8-16(18(19)21)17(12)20-15-10-9-13-6-2-3-7-14(13)11-15/h2-11,20H,1H3,(H2,19,21). The number of rotatable bonds is 3. The number of para-hydroxylation sites is 1. The van der Waals surface area contributed by atoms with Crippen LogP contribution in [0.4, 0.5) is 11.4 Å². The van der Waals surface area contributed by atoms with E-state index in [4.69, 9.17) is 18.0 Å². The minimum atomic E-state index is 0.405. The minimum Gasteiger partial charge on any atom is -0.389 e. The average molecular weight is 292 g/mol. The van der Waals surface area contributed by atoms with E-state index in [0.29, 0.717) is 4.99 Å². The molecule has 0 amide bonds. The molecule has 0 aliphatic carbocycles. The lowest BCUT2D eigenvalue weighted by atomic mass is 10.1. The highest BCUT2D eigenvalue weighted by molar-refractivity contribution is 7.80. The van der Waals surface area contributed by atoms with Crippen LogP contribution in [0.5, 0.6) is 0 Å². The highest BCUT2D eigenvalue weighted by Gasteiger charge is 2.08. The lowest BCUT2D eigenvalue weighted by Crippen LogP contribution is -2.12. The van der Waals surface area contributed by atoms with Crippen LogP contribution < -0.4 is 11.1 Å². The van der Waals surface area contributed by atoms with Gasteiger partial charge in [-0.2, -0.15) is 0 Å². The molecular weight excluding hydrogens is 276 g/mol. The largest absolute Gasteiger partial charge is 0.389 e. The van der Waals surface area contributed by atoms with Gasteiger partial charge in [-0.1, -0.05) is 54.7 Å². The number of thiocarbonyl (C=S) groups is 1. The number of nitrogens with one attached hydrogen (secondary N) is 1. The van der Waals surface area contributed by atoms with Crippen molar-refractivity contribution in [2.75, 3.05) is 5.32 Å². The third-order valence-corrected chi connectivity index (χ3v) is 3.78. The number of fused-ring (bicyclic) bond motifs is 1. The van der Waals surface area contributed by atoms with Crippen LogP contribution in [0.1, 0.15) is 11.1 Å². The first-order valence-corrected chi connectivity index (χ1v) is 7.21. The first-order chi connectivity index (χ1) is 10.1.